The number of nitrogens with one attached hydrogen (secondary N) is 1. The molecular weight excluding hydrogens is 122 g/mol. The Morgan fingerprint density at radius 1 is 1.89 bits per heavy atom. The van der Waals surface area contributed by atoms with Gasteiger partial charge in [0.05, 0.1) is 7.11 Å². The van der Waals surface area contributed by atoms with Gasteiger partial charge in [-0.1, -0.05) is 0 Å². The van der Waals surface area contributed by atoms with Crippen molar-refractivity contribution in [2.24, 2.45) is 5.18 Å². The van der Waals surface area contributed by atoms with Gasteiger partial charge >= 0.3 is 0 Å². The number of nitroso groups, excluding NO2 is 1. The fourth-order valence-corrected chi connectivity index (χ4v) is 0.209. The first-order valence-corrected chi connectivity index (χ1v) is 1.99. The molecule has 0 aliphatic rings. The van der Waals surface area contributed by atoms with Gasteiger partial charge in [0.1, 0.15) is 0 Å². The van der Waals surface area contributed by atoms with Crippen LogP contribution in [0, 0.1) is 10.3 Å². The second kappa shape index (κ2) is 3.51. The maximum Gasteiger partial charge on any atom is 0.242 e. The van der Waals surface area contributed by atoms with Crippen molar-refractivity contribution >= 4 is 11.8 Å². The van der Waals surface area contributed by atoms with Crippen molar-refractivity contribution in [2.75, 3.05) is 7.11 Å². The summed E-state index contributed by atoms with van der Waals surface area (Å²) in [5.41, 5.74) is -0.544. The molecule has 0 atom stereocenters. The van der Waals surface area contributed by atoms with Crippen LogP contribution in [0.25, 0.3) is 5.41 Å². The number of nitrogens with zero attached hydrogens (tertiary/aromatic N) is 2. The average molecular weight is 126 g/mol. The lowest BCUT2D eigenvalue weighted by molar-refractivity contribution is 0.400. The van der Waals surface area contributed by atoms with Crippen LogP contribution in [0.3, 0.4) is 0 Å². The minimum Gasteiger partial charge on any atom is -0.761 e. The SMILES string of the molecule is COC(=N)C(=C=[N-])N=O. The molecule has 0 radical (unpaired) electrons. The summed E-state index contributed by atoms with van der Waals surface area (Å²) >= 11 is 0. The lowest BCUT2D eigenvalue weighted by Gasteiger charge is -1.95. The van der Waals surface area contributed by atoms with E-state index in [1.165, 1.54) is 13.0 Å². The zero-order valence-electron chi connectivity index (χ0n) is 4.71. The number of hydrogen-bond acceptors (Lipinski definition) is 4. The van der Waals surface area contributed by atoms with Gasteiger partial charge in [0.25, 0.3) is 0 Å². The summed E-state index contributed by atoms with van der Waals surface area (Å²) in [5.74, 6) is 0.883. The van der Waals surface area contributed by atoms with Crippen molar-refractivity contribution in [3.05, 3.63) is 16.0 Å². The van der Waals surface area contributed by atoms with E-state index < -0.39 is 11.6 Å². The van der Waals surface area contributed by atoms with Crippen LogP contribution in [0.4, 0.5) is 0 Å². The third-order valence-corrected chi connectivity index (χ3v) is 0.616. The second-order valence-electron chi connectivity index (χ2n) is 1.08. The van der Waals surface area contributed by atoms with Gasteiger partial charge in [-0.15, -0.1) is 4.91 Å². The first kappa shape index (κ1) is 7.52. The van der Waals surface area contributed by atoms with Crippen molar-refractivity contribution in [2.45, 2.75) is 0 Å². The molecule has 5 heteroatoms. The molecule has 0 saturated heterocycles. The Kier molecular flexibility index (Phi) is 2.94. The topological polar surface area (TPSA) is 84.8 Å². The van der Waals surface area contributed by atoms with Gasteiger partial charge in [0.2, 0.25) is 5.90 Å². The highest BCUT2D eigenvalue weighted by atomic mass is 16.5. The van der Waals surface area contributed by atoms with E-state index in [0.717, 1.165) is 0 Å². The lowest BCUT2D eigenvalue weighted by Crippen LogP contribution is -2.00. The third kappa shape index (κ3) is 1.84. The molecular formula is C4H4N3O2-. The summed E-state index contributed by atoms with van der Waals surface area (Å²) in [7, 11) is 1.19. The van der Waals surface area contributed by atoms with Crippen LogP contribution in [0.5, 0.6) is 0 Å². The average Bonchev–Trinajstić information content (AvgIpc) is 1.90. The van der Waals surface area contributed by atoms with Crippen molar-refractivity contribution < 1.29 is 4.74 Å². The quantitative estimate of drug-likeness (QED) is 0.332. The summed E-state index contributed by atoms with van der Waals surface area (Å²) in [6.45, 7) is 0. The summed E-state index contributed by atoms with van der Waals surface area (Å²) in [5, 5.41) is 17.0. The summed E-state index contributed by atoms with van der Waals surface area (Å²) in [4.78, 5) is 9.61. The van der Waals surface area contributed by atoms with Gasteiger partial charge in [-0.2, -0.15) is 0 Å². The highest BCUT2D eigenvalue weighted by Gasteiger charge is 1.99. The highest BCUT2D eigenvalue weighted by Crippen LogP contribution is 1.91. The molecule has 0 unspecified atom stereocenters. The first-order valence-electron chi connectivity index (χ1n) is 1.99. The molecule has 0 rings (SSSR count). The third-order valence-electron chi connectivity index (χ3n) is 0.616. The zero-order valence-corrected chi connectivity index (χ0v) is 4.71. The molecule has 0 fully saturated rings. The summed E-state index contributed by atoms with van der Waals surface area (Å²) in [6, 6.07) is 0. The van der Waals surface area contributed by atoms with Crippen molar-refractivity contribution in [3.63, 3.8) is 0 Å². The summed E-state index contributed by atoms with van der Waals surface area (Å²) in [6.07, 6.45) is 0. The van der Waals surface area contributed by atoms with E-state index in [2.05, 4.69) is 9.91 Å². The van der Waals surface area contributed by atoms with E-state index in [9.17, 15) is 4.91 Å². The van der Waals surface area contributed by atoms with E-state index >= 15 is 0 Å². The van der Waals surface area contributed by atoms with E-state index in [4.69, 9.17) is 10.8 Å². The van der Waals surface area contributed by atoms with Crippen LogP contribution >= 0.6 is 0 Å². The van der Waals surface area contributed by atoms with Crippen molar-refractivity contribution in [1.82, 2.24) is 0 Å². The Bertz CT molecular complexity index is 180. The summed E-state index contributed by atoms with van der Waals surface area (Å²) < 4.78 is 4.22. The van der Waals surface area contributed by atoms with E-state index in [1.54, 1.807) is 0 Å². The van der Waals surface area contributed by atoms with Gasteiger partial charge in [0.15, 0.2) is 5.70 Å². The number of methoxy groups -OCH3 is 1. The zero-order chi connectivity index (χ0) is 7.28. The predicted molar refractivity (Wildman–Crippen MR) is 32.4 cm³/mol. The highest BCUT2D eigenvalue weighted by molar-refractivity contribution is 5.99. The van der Waals surface area contributed by atoms with Crippen LogP contribution in [0.1, 0.15) is 0 Å². The van der Waals surface area contributed by atoms with Crippen molar-refractivity contribution in [1.29, 1.82) is 5.41 Å². The molecule has 0 saturated carbocycles. The molecule has 0 bridgehead atoms. The molecule has 5 nitrogen and oxygen atoms in total. The number of hydrogen-bond donors (Lipinski definition) is 1. The molecule has 0 aliphatic heterocycles. The Morgan fingerprint density at radius 2 is 2.44 bits per heavy atom. The Labute approximate surface area is 51.3 Å². The molecule has 9 heavy (non-hydrogen) atoms. The molecule has 0 aromatic carbocycles. The molecule has 0 spiro atoms. The molecule has 0 heterocycles. The van der Waals surface area contributed by atoms with Crippen LogP contribution in [0.2, 0.25) is 0 Å². The molecule has 0 aliphatic carbocycles. The fraction of sp³-hybridized carbons (Fsp3) is 0.250. The molecule has 0 aromatic rings. The number of ether oxygens (including phenoxy) is 1. The normalized spacial score (nSPS) is 7.22. The van der Waals surface area contributed by atoms with Gasteiger partial charge in [-0.25, -0.2) is 5.87 Å². The predicted octanol–water partition coefficient (Wildman–Crippen LogP) is 0.499. The molecule has 0 aromatic heterocycles. The molecule has 0 amide bonds. The second-order valence-corrected chi connectivity index (χ2v) is 1.08. The van der Waals surface area contributed by atoms with Crippen LogP contribution < -0.4 is 0 Å². The minimum absolute atomic E-state index is 0.507. The van der Waals surface area contributed by atoms with Crippen LogP contribution in [0.15, 0.2) is 10.9 Å². The van der Waals surface area contributed by atoms with Gasteiger partial charge in [-0.3, -0.25) is 5.41 Å². The number of rotatable bonds is 2. The lowest BCUT2D eigenvalue weighted by atomic mass is 10.5. The Hall–Kier alpha value is -1.48. The Morgan fingerprint density at radius 3 is 2.56 bits per heavy atom. The fourth-order valence-electron chi connectivity index (χ4n) is 0.209. The van der Waals surface area contributed by atoms with Crippen LogP contribution in [-0.2, 0) is 4.74 Å². The van der Waals surface area contributed by atoms with Gasteiger partial charge in [-0.05, 0) is 5.18 Å². The van der Waals surface area contributed by atoms with E-state index in [0.29, 0.717) is 0 Å². The van der Waals surface area contributed by atoms with E-state index in [1.807, 2.05) is 0 Å². The maximum absolute atomic E-state index is 9.61. The minimum atomic E-state index is -0.544. The molecule has 1 N–H and O–H groups in total. The standard InChI is InChI=1S/C4H4N3O2/c1-9-4(6)3(2-5)7-8/h6H,1H3/q-1. The first-order chi connectivity index (χ1) is 4.26. The maximum atomic E-state index is 9.61. The Balaban J connectivity index is 4.32. The van der Waals surface area contributed by atoms with E-state index in [-0.39, 0.29) is 0 Å². The largest absolute Gasteiger partial charge is 0.761 e. The smallest absolute Gasteiger partial charge is 0.242 e. The van der Waals surface area contributed by atoms with Gasteiger partial charge in [0, 0.05) is 0 Å². The monoisotopic (exact) mass is 126 g/mol. The van der Waals surface area contributed by atoms with Gasteiger partial charge < -0.3 is 10.1 Å². The van der Waals surface area contributed by atoms with Crippen LogP contribution in [-0.4, -0.2) is 18.9 Å². The molecule has 48 valence electrons. The van der Waals surface area contributed by atoms with Crippen molar-refractivity contribution in [3.8, 4) is 0 Å².